The molecule has 2 amide bonds. The van der Waals surface area contributed by atoms with Crippen molar-refractivity contribution in [2.45, 2.75) is 31.0 Å². The number of sulfonamides is 1. The Bertz CT molecular complexity index is 1010. The van der Waals surface area contributed by atoms with Crippen LogP contribution in [0, 0.1) is 12.7 Å². The second-order valence-corrected chi connectivity index (χ2v) is 9.60. The maximum absolute atomic E-state index is 13.5. The van der Waals surface area contributed by atoms with Crippen LogP contribution >= 0.6 is 11.3 Å². The fraction of sp³-hybridized carbons (Fsp3) is 0.368. The summed E-state index contributed by atoms with van der Waals surface area (Å²) in [4.78, 5) is 24.9. The van der Waals surface area contributed by atoms with E-state index in [2.05, 4.69) is 10.6 Å². The number of aryl methyl sites for hydroxylation is 1. The first kappa shape index (κ1) is 22.3. The Balaban J connectivity index is 1.63. The lowest BCUT2D eigenvalue weighted by Gasteiger charge is -2.34. The second kappa shape index (κ2) is 9.65. The number of benzene rings is 1. The third kappa shape index (κ3) is 5.22. The molecule has 30 heavy (non-hydrogen) atoms. The van der Waals surface area contributed by atoms with Crippen molar-refractivity contribution in [3.05, 3.63) is 52.0 Å². The van der Waals surface area contributed by atoms with E-state index in [1.807, 2.05) is 17.5 Å². The Morgan fingerprint density at radius 3 is 2.73 bits per heavy atom. The SMILES string of the molecule is Cc1cc(S(=O)(=O)N2CCCO[C@@H]2CNC(=O)C(=O)NCc2cccs2)ccc1F. The van der Waals surface area contributed by atoms with Gasteiger partial charge in [-0.25, -0.2) is 12.8 Å². The van der Waals surface area contributed by atoms with E-state index in [0.717, 1.165) is 15.2 Å². The smallest absolute Gasteiger partial charge is 0.309 e. The van der Waals surface area contributed by atoms with Crippen molar-refractivity contribution < 1.29 is 27.1 Å². The van der Waals surface area contributed by atoms with Gasteiger partial charge in [-0.15, -0.1) is 11.3 Å². The highest BCUT2D eigenvalue weighted by atomic mass is 32.2. The Labute approximate surface area is 178 Å². The zero-order valence-corrected chi connectivity index (χ0v) is 17.9. The van der Waals surface area contributed by atoms with Crippen molar-refractivity contribution in [1.82, 2.24) is 14.9 Å². The number of nitrogens with zero attached hydrogens (tertiary/aromatic N) is 1. The monoisotopic (exact) mass is 455 g/mol. The lowest BCUT2D eigenvalue weighted by atomic mass is 10.2. The van der Waals surface area contributed by atoms with Gasteiger partial charge < -0.3 is 15.4 Å². The van der Waals surface area contributed by atoms with Gasteiger partial charge in [0.25, 0.3) is 0 Å². The van der Waals surface area contributed by atoms with Gasteiger partial charge >= 0.3 is 11.8 Å². The third-order valence-corrected chi connectivity index (χ3v) is 7.30. The molecule has 2 aromatic rings. The molecule has 1 saturated heterocycles. The highest BCUT2D eigenvalue weighted by Gasteiger charge is 2.35. The Morgan fingerprint density at radius 2 is 2.03 bits per heavy atom. The van der Waals surface area contributed by atoms with E-state index in [0.29, 0.717) is 13.0 Å². The number of carbonyl (C=O) groups is 2. The molecular weight excluding hydrogens is 433 g/mol. The quantitative estimate of drug-likeness (QED) is 0.640. The van der Waals surface area contributed by atoms with E-state index in [1.165, 1.54) is 30.4 Å². The molecular formula is C19H22FN3O5S2. The average Bonchev–Trinajstić information content (AvgIpc) is 3.26. The van der Waals surface area contributed by atoms with E-state index >= 15 is 0 Å². The summed E-state index contributed by atoms with van der Waals surface area (Å²) in [5.74, 6) is -2.19. The third-order valence-electron chi connectivity index (χ3n) is 4.54. The van der Waals surface area contributed by atoms with E-state index in [4.69, 9.17) is 4.74 Å². The standard InChI is InChI=1S/C19H22FN3O5S2/c1-13-10-15(5-6-16(13)20)30(26,27)23-7-3-8-28-17(23)12-22-19(25)18(24)21-11-14-4-2-9-29-14/h2,4-6,9-10,17H,3,7-8,11-12H2,1H3,(H,21,24)(H,22,25)/t17-/m1/s1. The summed E-state index contributed by atoms with van der Waals surface area (Å²) in [5, 5.41) is 6.78. The molecule has 0 radical (unpaired) electrons. The van der Waals surface area contributed by atoms with Crippen LogP contribution in [-0.4, -0.2) is 50.5 Å². The lowest BCUT2D eigenvalue weighted by molar-refractivity contribution is -0.140. The summed E-state index contributed by atoms with van der Waals surface area (Å²) in [7, 11) is -3.97. The van der Waals surface area contributed by atoms with Gasteiger partial charge in [0.05, 0.1) is 24.6 Å². The number of halogens is 1. The molecule has 1 fully saturated rings. The summed E-state index contributed by atoms with van der Waals surface area (Å²) in [6, 6.07) is 7.22. The summed E-state index contributed by atoms with van der Waals surface area (Å²) >= 11 is 1.45. The topological polar surface area (TPSA) is 105 Å². The molecule has 11 heteroatoms. The molecule has 0 saturated carbocycles. The minimum Gasteiger partial charge on any atom is -0.360 e. The highest BCUT2D eigenvalue weighted by Crippen LogP contribution is 2.23. The van der Waals surface area contributed by atoms with Gasteiger partial charge in [0, 0.05) is 11.4 Å². The van der Waals surface area contributed by atoms with Gasteiger partial charge in [-0.3, -0.25) is 9.59 Å². The zero-order valence-electron chi connectivity index (χ0n) is 16.3. The van der Waals surface area contributed by atoms with Crippen molar-refractivity contribution in [3.8, 4) is 0 Å². The van der Waals surface area contributed by atoms with Crippen LogP contribution in [0.1, 0.15) is 16.9 Å². The molecule has 2 heterocycles. The Kier molecular flexibility index (Phi) is 7.19. The number of hydrogen-bond donors (Lipinski definition) is 2. The van der Waals surface area contributed by atoms with Crippen LogP contribution in [0.3, 0.4) is 0 Å². The normalized spacial score (nSPS) is 17.5. The maximum Gasteiger partial charge on any atom is 0.309 e. The van der Waals surface area contributed by atoms with Crippen LogP contribution in [0.2, 0.25) is 0 Å². The van der Waals surface area contributed by atoms with Crippen LogP contribution in [0.15, 0.2) is 40.6 Å². The molecule has 1 aromatic heterocycles. The molecule has 1 aliphatic heterocycles. The Hall–Kier alpha value is -2.34. The van der Waals surface area contributed by atoms with Gasteiger partial charge in [0.2, 0.25) is 10.0 Å². The molecule has 3 rings (SSSR count). The zero-order chi connectivity index (χ0) is 21.7. The first-order chi connectivity index (χ1) is 14.3. The van der Waals surface area contributed by atoms with Gasteiger partial charge in [0.15, 0.2) is 0 Å². The number of carbonyl (C=O) groups excluding carboxylic acids is 2. The van der Waals surface area contributed by atoms with E-state index in [1.54, 1.807) is 0 Å². The molecule has 8 nitrogen and oxygen atoms in total. The first-order valence-corrected chi connectivity index (χ1v) is 11.6. The molecule has 0 spiro atoms. The molecule has 1 aliphatic rings. The van der Waals surface area contributed by atoms with Crippen LogP contribution in [0.4, 0.5) is 4.39 Å². The number of nitrogens with one attached hydrogen (secondary N) is 2. The van der Waals surface area contributed by atoms with Crippen molar-refractivity contribution in [2.24, 2.45) is 0 Å². The fourth-order valence-electron chi connectivity index (χ4n) is 2.94. The van der Waals surface area contributed by atoms with E-state index in [9.17, 15) is 22.4 Å². The predicted octanol–water partition coefficient (Wildman–Crippen LogP) is 1.37. The summed E-state index contributed by atoms with van der Waals surface area (Å²) in [5.41, 5.74) is 0.210. The van der Waals surface area contributed by atoms with E-state index < -0.39 is 33.9 Å². The van der Waals surface area contributed by atoms with Crippen LogP contribution in [0.25, 0.3) is 0 Å². The molecule has 2 N–H and O–H groups in total. The predicted molar refractivity (Wildman–Crippen MR) is 109 cm³/mol. The number of rotatable bonds is 6. The second-order valence-electron chi connectivity index (χ2n) is 6.68. The molecule has 0 bridgehead atoms. The number of thiophene rings is 1. The number of amides is 2. The molecule has 0 aliphatic carbocycles. The molecule has 0 unspecified atom stereocenters. The highest BCUT2D eigenvalue weighted by molar-refractivity contribution is 7.89. The van der Waals surface area contributed by atoms with Crippen molar-refractivity contribution in [3.63, 3.8) is 0 Å². The Morgan fingerprint density at radius 1 is 1.27 bits per heavy atom. The minimum atomic E-state index is -3.97. The number of hydrogen-bond acceptors (Lipinski definition) is 6. The average molecular weight is 456 g/mol. The van der Waals surface area contributed by atoms with E-state index in [-0.39, 0.29) is 30.1 Å². The molecule has 162 valence electrons. The number of ether oxygens (including phenoxy) is 1. The summed E-state index contributed by atoms with van der Waals surface area (Å²) in [6.45, 7) is 2.02. The maximum atomic E-state index is 13.5. The minimum absolute atomic E-state index is 0.0584. The molecule has 1 atom stereocenters. The van der Waals surface area contributed by atoms with Crippen LogP contribution in [-0.2, 0) is 30.9 Å². The fourth-order valence-corrected chi connectivity index (χ4v) is 5.23. The van der Waals surface area contributed by atoms with Crippen molar-refractivity contribution in [2.75, 3.05) is 19.7 Å². The van der Waals surface area contributed by atoms with Gasteiger partial charge in [-0.05, 0) is 48.6 Å². The van der Waals surface area contributed by atoms with Gasteiger partial charge in [-0.2, -0.15) is 4.31 Å². The van der Waals surface area contributed by atoms with Crippen LogP contribution in [0.5, 0.6) is 0 Å². The van der Waals surface area contributed by atoms with Crippen LogP contribution < -0.4 is 10.6 Å². The summed E-state index contributed by atoms with van der Waals surface area (Å²) in [6.07, 6.45) is -0.492. The van der Waals surface area contributed by atoms with Crippen molar-refractivity contribution >= 4 is 33.2 Å². The van der Waals surface area contributed by atoms with Gasteiger partial charge in [-0.1, -0.05) is 6.07 Å². The summed E-state index contributed by atoms with van der Waals surface area (Å²) < 4.78 is 46.2. The molecule has 1 aromatic carbocycles. The lowest BCUT2D eigenvalue weighted by Crippen LogP contribution is -2.53. The van der Waals surface area contributed by atoms with Gasteiger partial charge in [0.1, 0.15) is 12.0 Å². The largest absolute Gasteiger partial charge is 0.360 e. The first-order valence-electron chi connectivity index (χ1n) is 9.27. The van der Waals surface area contributed by atoms with Crippen molar-refractivity contribution in [1.29, 1.82) is 0 Å².